The molecule has 1 amide bonds. The van der Waals surface area contributed by atoms with Gasteiger partial charge in [0, 0.05) is 22.5 Å². The Labute approximate surface area is 123 Å². The number of alkyl halides is 1. The number of rotatable bonds is 4. The van der Waals surface area contributed by atoms with Gasteiger partial charge in [-0.15, -0.1) is 0 Å². The molecule has 0 aromatic heterocycles. The van der Waals surface area contributed by atoms with Gasteiger partial charge >= 0.3 is 0 Å². The number of carbonyl (C=O) groups excluding carboxylic acids is 1. The minimum absolute atomic E-state index is 0.147. The first-order chi connectivity index (χ1) is 8.70. The lowest BCUT2D eigenvalue weighted by atomic mass is 9.90. The number of hydrogen-bond acceptors (Lipinski definition) is 2. The fourth-order valence-corrected chi connectivity index (χ4v) is 3.04. The standard InChI is InChI=1S/C15H22BrNO2/c1-10-12(6-5-7-13(10)18)14(19)17-9-11(16)8-15(2,3)4/h5-7,11,18H,8-9H2,1-4H3,(H,17,19). The van der Waals surface area contributed by atoms with Crippen LogP contribution in [0.15, 0.2) is 18.2 Å². The van der Waals surface area contributed by atoms with Gasteiger partial charge in [-0.25, -0.2) is 0 Å². The van der Waals surface area contributed by atoms with Gasteiger partial charge in [0.25, 0.3) is 5.91 Å². The Morgan fingerprint density at radius 1 is 1.42 bits per heavy atom. The quantitative estimate of drug-likeness (QED) is 0.829. The number of halogens is 1. The Bertz CT molecular complexity index is 452. The SMILES string of the molecule is Cc1c(O)cccc1C(=O)NCC(Br)CC(C)(C)C. The minimum atomic E-state index is -0.147. The summed E-state index contributed by atoms with van der Waals surface area (Å²) in [7, 11) is 0. The maximum atomic E-state index is 12.0. The van der Waals surface area contributed by atoms with Crippen LogP contribution in [-0.4, -0.2) is 22.4 Å². The first kappa shape index (κ1) is 16.0. The van der Waals surface area contributed by atoms with Gasteiger partial charge in [0.1, 0.15) is 5.75 Å². The monoisotopic (exact) mass is 327 g/mol. The van der Waals surface area contributed by atoms with Crippen LogP contribution in [0.3, 0.4) is 0 Å². The van der Waals surface area contributed by atoms with E-state index in [1.807, 2.05) is 0 Å². The molecule has 1 rings (SSSR count). The molecule has 1 unspecified atom stereocenters. The van der Waals surface area contributed by atoms with Crippen LogP contribution in [0.25, 0.3) is 0 Å². The molecule has 1 aromatic carbocycles. The van der Waals surface area contributed by atoms with Crippen molar-refractivity contribution in [3.05, 3.63) is 29.3 Å². The minimum Gasteiger partial charge on any atom is -0.508 e. The Balaban J connectivity index is 2.59. The summed E-state index contributed by atoms with van der Waals surface area (Å²) >= 11 is 3.58. The number of carbonyl (C=O) groups is 1. The molecule has 0 spiro atoms. The molecule has 0 aliphatic heterocycles. The number of hydrogen-bond donors (Lipinski definition) is 2. The lowest BCUT2D eigenvalue weighted by Gasteiger charge is -2.22. The predicted octanol–water partition coefficient (Wildman–Crippen LogP) is 3.63. The molecule has 106 valence electrons. The summed E-state index contributed by atoms with van der Waals surface area (Å²) in [4.78, 5) is 12.3. The summed E-state index contributed by atoms with van der Waals surface area (Å²) in [5.74, 6) is 0.00416. The third-order valence-corrected chi connectivity index (χ3v) is 3.52. The fourth-order valence-electron chi connectivity index (χ4n) is 1.90. The molecule has 0 heterocycles. The highest BCUT2D eigenvalue weighted by Crippen LogP contribution is 2.24. The van der Waals surface area contributed by atoms with Crippen molar-refractivity contribution in [2.45, 2.75) is 38.9 Å². The maximum Gasteiger partial charge on any atom is 0.251 e. The highest BCUT2D eigenvalue weighted by atomic mass is 79.9. The van der Waals surface area contributed by atoms with Gasteiger partial charge in [-0.2, -0.15) is 0 Å². The van der Waals surface area contributed by atoms with E-state index in [0.717, 1.165) is 6.42 Å². The number of nitrogens with one attached hydrogen (secondary N) is 1. The van der Waals surface area contributed by atoms with Crippen LogP contribution in [-0.2, 0) is 0 Å². The van der Waals surface area contributed by atoms with Crippen molar-refractivity contribution >= 4 is 21.8 Å². The van der Waals surface area contributed by atoms with Crippen LogP contribution in [0.1, 0.15) is 43.1 Å². The molecule has 3 nitrogen and oxygen atoms in total. The second-order valence-corrected chi connectivity index (χ2v) is 7.32. The molecular weight excluding hydrogens is 306 g/mol. The molecular formula is C15H22BrNO2. The normalized spacial score (nSPS) is 13.1. The second-order valence-electron chi connectivity index (χ2n) is 6.02. The first-order valence-electron chi connectivity index (χ1n) is 6.41. The van der Waals surface area contributed by atoms with E-state index >= 15 is 0 Å². The number of phenols is 1. The van der Waals surface area contributed by atoms with Crippen molar-refractivity contribution in [3.63, 3.8) is 0 Å². The van der Waals surface area contributed by atoms with Crippen LogP contribution >= 0.6 is 15.9 Å². The van der Waals surface area contributed by atoms with E-state index in [9.17, 15) is 9.90 Å². The van der Waals surface area contributed by atoms with E-state index < -0.39 is 0 Å². The third-order valence-electron chi connectivity index (χ3n) is 2.87. The molecule has 19 heavy (non-hydrogen) atoms. The van der Waals surface area contributed by atoms with Gasteiger partial charge in [0.2, 0.25) is 0 Å². The Morgan fingerprint density at radius 2 is 2.05 bits per heavy atom. The third kappa shape index (κ3) is 5.23. The van der Waals surface area contributed by atoms with Crippen LogP contribution in [0.5, 0.6) is 5.75 Å². The van der Waals surface area contributed by atoms with E-state index in [1.54, 1.807) is 25.1 Å². The van der Waals surface area contributed by atoms with E-state index in [1.165, 1.54) is 0 Å². The van der Waals surface area contributed by atoms with Gasteiger partial charge in [0.15, 0.2) is 0 Å². The van der Waals surface area contributed by atoms with Crippen molar-refractivity contribution in [3.8, 4) is 5.75 Å². The Hall–Kier alpha value is -1.03. The Morgan fingerprint density at radius 3 is 2.63 bits per heavy atom. The van der Waals surface area contributed by atoms with Gasteiger partial charge < -0.3 is 10.4 Å². The van der Waals surface area contributed by atoms with Crippen molar-refractivity contribution in [1.29, 1.82) is 0 Å². The molecule has 1 atom stereocenters. The summed E-state index contributed by atoms with van der Waals surface area (Å²) in [6.45, 7) is 8.82. The zero-order valence-electron chi connectivity index (χ0n) is 12.0. The zero-order valence-corrected chi connectivity index (χ0v) is 13.5. The summed E-state index contributed by atoms with van der Waals surface area (Å²) in [6, 6.07) is 4.98. The molecule has 0 radical (unpaired) electrons. The molecule has 0 bridgehead atoms. The molecule has 0 aliphatic carbocycles. The summed E-state index contributed by atoms with van der Waals surface area (Å²) < 4.78 is 0. The number of phenolic OH excluding ortho intramolecular Hbond substituents is 1. The molecule has 0 aliphatic rings. The predicted molar refractivity (Wildman–Crippen MR) is 82.0 cm³/mol. The van der Waals surface area contributed by atoms with Gasteiger partial charge in [-0.3, -0.25) is 4.79 Å². The largest absolute Gasteiger partial charge is 0.508 e. The molecule has 2 N–H and O–H groups in total. The molecule has 0 saturated heterocycles. The summed E-state index contributed by atoms with van der Waals surface area (Å²) in [6.07, 6.45) is 0.978. The van der Waals surface area contributed by atoms with E-state index in [0.29, 0.717) is 17.7 Å². The molecule has 0 fully saturated rings. The van der Waals surface area contributed by atoms with E-state index in [-0.39, 0.29) is 21.9 Å². The van der Waals surface area contributed by atoms with Gasteiger partial charge in [0.05, 0.1) is 0 Å². The van der Waals surface area contributed by atoms with Gasteiger partial charge in [-0.05, 0) is 30.9 Å². The lowest BCUT2D eigenvalue weighted by Crippen LogP contribution is -2.31. The lowest BCUT2D eigenvalue weighted by molar-refractivity contribution is 0.0951. The maximum absolute atomic E-state index is 12.0. The zero-order chi connectivity index (χ0) is 14.6. The summed E-state index contributed by atoms with van der Waals surface area (Å²) in [5, 5.41) is 12.5. The van der Waals surface area contributed by atoms with E-state index in [2.05, 4.69) is 42.0 Å². The molecule has 0 saturated carbocycles. The van der Waals surface area contributed by atoms with Crippen molar-refractivity contribution < 1.29 is 9.90 Å². The van der Waals surface area contributed by atoms with Crippen molar-refractivity contribution in [2.75, 3.05) is 6.54 Å². The van der Waals surface area contributed by atoms with Crippen LogP contribution in [0, 0.1) is 12.3 Å². The average Bonchev–Trinajstić information content (AvgIpc) is 2.27. The van der Waals surface area contributed by atoms with Crippen LogP contribution in [0.2, 0.25) is 0 Å². The van der Waals surface area contributed by atoms with Crippen molar-refractivity contribution in [1.82, 2.24) is 5.32 Å². The number of aromatic hydroxyl groups is 1. The van der Waals surface area contributed by atoms with Gasteiger partial charge in [-0.1, -0.05) is 42.8 Å². The number of amides is 1. The van der Waals surface area contributed by atoms with Crippen LogP contribution < -0.4 is 5.32 Å². The Kier molecular flexibility index (Phi) is 5.41. The topological polar surface area (TPSA) is 49.3 Å². The molecule has 1 aromatic rings. The van der Waals surface area contributed by atoms with Crippen molar-refractivity contribution in [2.24, 2.45) is 5.41 Å². The fraction of sp³-hybridized carbons (Fsp3) is 0.533. The first-order valence-corrected chi connectivity index (χ1v) is 7.33. The van der Waals surface area contributed by atoms with Crippen LogP contribution in [0.4, 0.5) is 0 Å². The van der Waals surface area contributed by atoms with E-state index in [4.69, 9.17) is 0 Å². The summed E-state index contributed by atoms with van der Waals surface area (Å²) in [5.41, 5.74) is 1.36. The highest BCUT2D eigenvalue weighted by molar-refractivity contribution is 9.09. The molecule has 4 heteroatoms. The number of benzene rings is 1. The average molecular weight is 328 g/mol. The second kappa shape index (κ2) is 6.42. The highest BCUT2D eigenvalue weighted by Gasteiger charge is 2.18. The smallest absolute Gasteiger partial charge is 0.251 e.